The van der Waals surface area contributed by atoms with Crippen LogP contribution in [0.3, 0.4) is 0 Å². The first-order valence-electron chi connectivity index (χ1n) is 12.7. The number of nitrogens with one attached hydrogen (secondary N) is 3. The zero-order chi connectivity index (χ0) is 29.0. The number of amides is 4. The molecule has 0 unspecified atom stereocenters. The van der Waals surface area contributed by atoms with Crippen LogP contribution >= 0.6 is 0 Å². The predicted octanol–water partition coefficient (Wildman–Crippen LogP) is 3.19. The molecular formula is C25H49N5O7. The van der Waals surface area contributed by atoms with Crippen molar-refractivity contribution in [2.75, 3.05) is 19.6 Å². The van der Waals surface area contributed by atoms with E-state index in [1.54, 1.807) is 62.3 Å². The lowest BCUT2D eigenvalue weighted by Crippen LogP contribution is -2.49. The Kier molecular flexibility index (Phi) is 13.7. The highest BCUT2D eigenvalue weighted by Gasteiger charge is 2.26. The van der Waals surface area contributed by atoms with Crippen molar-refractivity contribution in [1.29, 1.82) is 0 Å². The van der Waals surface area contributed by atoms with E-state index in [1.807, 2.05) is 0 Å². The SMILES string of the molecule is CC(C)(C)OC(=O)NCCC[C@@H](CNC(=O)[C@@H](N)CCCN(C(=O)O)C(C)(C)C)NC(=O)OC(C)(C)C. The average Bonchev–Trinajstić information content (AvgIpc) is 2.67. The van der Waals surface area contributed by atoms with Gasteiger partial charge in [-0.1, -0.05) is 0 Å². The molecule has 0 aliphatic rings. The highest BCUT2D eigenvalue weighted by molar-refractivity contribution is 5.81. The summed E-state index contributed by atoms with van der Waals surface area (Å²) < 4.78 is 10.5. The van der Waals surface area contributed by atoms with Gasteiger partial charge in [0.05, 0.1) is 6.04 Å². The highest BCUT2D eigenvalue weighted by atomic mass is 16.6. The van der Waals surface area contributed by atoms with Crippen molar-refractivity contribution in [3.8, 4) is 0 Å². The van der Waals surface area contributed by atoms with E-state index in [1.165, 1.54) is 4.90 Å². The van der Waals surface area contributed by atoms with Crippen molar-refractivity contribution < 1.29 is 33.8 Å². The van der Waals surface area contributed by atoms with E-state index in [-0.39, 0.29) is 13.1 Å². The van der Waals surface area contributed by atoms with Crippen molar-refractivity contribution in [1.82, 2.24) is 20.9 Å². The Bertz CT molecular complexity index is 754. The number of hydrogen-bond acceptors (Lipinski definition) is 7. The van der Waals surface area contributed by atoms with Gasteiger partial charge in [-0.2, -0.15) is 0 Å². The fourth-order valence-electron chi connectivity index (χ4n) is 3.23. The van der Waals surface area contributed by atoms with Gasteiger partial charge in [-0.25, -0.2) is 14.4 Å². The van der Waals surface area contributed by atoms with E-state index in [4.69, 9.17) is 15.2 Å². The summed E-state index contributed by atoms with van der Waals surface area (Å²) in [5.74, 6) is -0.402. The number of hydrogen-bond donors (Lipinski definition) is 5. The summed E-state index contributed by atoms with van der Waals surface area (Å²) in [6.45, 7) is 16.7. The Balaban J connectivity index is 4.83. The summed E-state index contributed by atoms with van der Waals surface area (Å²) in [5.41, 5.74) is 4.17. The number of ether oxygens (including phenoxy) is 2. The van der Waals surface area contributed by atoms with Crippen LogP contribution in [-0.4, -0.2) is 82.7 Å². The van der Waals surface area contributed by atoms with Crippen LogP contribution in [0.4, 0.5) is 14.4 Å². The Labute approximate surface area is 221 Å². The molecule has 0 radical (unpaired) electrons. The molecule has 0 aliphatic carbocycles. The molecule has 0 saturated heterocycles. The van der Waals surface area contributed by atoms with Crippen molar-refractivity contribution in [2.45, 2.75) is 117 Å². The quantitative estimate of drug-likeness (QED) is 0.239. The summed E-state index contributed by atoms with van der Waals surface area (Å²) >= 11 is 0. The van der Waals surface area contributed by atoms with Crippen LogP contribution in [0.5, 0.6) is 0 Å². The van der Waals surface area contributed by atoms with Crippen molar-refractivity contribution in [2.24, 2.45) is 5.73 Å². The normalized spacial score (nSPS) is 13.7. The average molecular weight is 532 g/mol. The second kappa shape index (κ2) is 14.8. The number of rotatable bonds is 12. The number of carbonyl (C=O) groups excluding carboxylic acids is 3. The van der Waals surface area contributed by atoms with Gasteiger partial charge < -0.3 is 41.2 Å². The summed E-state index contributed by atoms with van der Waals surface area (Å²) in [5, 5.41) is 17.5. The summed E-state index contributed by atoms with van der Waals surface area (Å²) in [6, 6.07) is -1.29. The maximum atomic E-state index is 12.5. The first-order chi connectivity index (χ1) is 16.7. The number of nitrogens with two attached hydrogens (primary N) is 1. The Hall–Kier alpha value is -2.76. The molecule has 2 atom stereocenters. The molecule has 0 aliphatic heterocycles. The summed E-state index contributed by atoms with van der Waals surface area (Å²) in [4.78, 5) is 49.4. The Morgan fingerprint density at radius 2 is 1.38 bits per heavy atom. The molecule has 0 aromatic heterocycles. The second-order valence-electron chi connectivity index (χ2n) is 12.0. The molecule has 0 heterocycles. The van der Waals surface area contributed by atoms with E-state index < -0.39 is 53.0 Å². The van der Waals surface area contributed by atoms with E-state index in [0.717, 1.165) is 0 Å². The van der Waals surface area contributed by atoms with Crippen molar-refractivity contribution in [3.05, 3.63) is 0 Å². The van der Waals surface area contributed by atoms with Crippen molar-refractivity contribution >= 4 is 24.2 Å². The molecule has 216 valence electrons. The van der Waals surface area contributed by atoms with Crippen LogP contribution in [0.15, 0.2) is 0 Å². The number of nitrogens with zero attached hydrogens (tertiary/aromatic N) is 1. The Morgan fingerprint density at radius 1 is 0.838 bits per heavy atom. The van der Waals surface area contributed by atoms with Gasteiger partial charge in [0.1, 0.15) is 11.2 Å². The van der Waals surface area contributed by atoms with Crippen LogP contribution in [0.2, 0.25) is 0 Å². The van der Waals surface area contributed by atoms with Crippen LogP contribution in [-0.2, 0) is 14.3 Å². The molecule has 37 heavy (non-hydrogen) atoms. The standard InChI is InChI=1S/C25H49N5O7/c1-23(2,3)30(22(34)35)15-11-13-18(26)19(31)28-16-17(29-21(33)37-25(7,8)9)12-10-14-27-20(32)36-24(4,5)6/h17-18H,10-16,26H2,1-9H3,(H,27,32)(H,28,31)(H,29,33)(H,34,35)/t17-,18-/m0/s1. The number of alkyl carbamates (subject to hydrolysis) is 2. The van der Waals surface area contributed by atoms with E-state index in [2.05, 4.69) is 16.0 Å². The topological polar surface area (TPSA) is 172 Å². The first kappa shape index (κ1) is 34.2. The zero-order valence-corrected chi connectivity index (χ0v) is 24.0. The highest BCUT2D eigenvalue weighted by Crippen LogP contribution is 2.15. The minimum absolute atomic E-state index is 0.113. The molecule has 6 N–H and O–H groups in total. The fourth-order valence-corrected chi connectivity index (χ4v) is 3.23. The minimum atomic E-state index is -1.03. The van der Waals surface area contributed by atoms with Gasteiger partial charge in [0.25, 0.3) is 0 Å². The third kappa shape index (κ3) is 17.4. The largest absolute Gasteiger partial charge is 0.465 e. The van der Waals surface area contributed by atoms with Gasteiger partial charge in [0.2, 0.25) is 5.91 Å². The van der Waals surface area contributed by atoms with Crippen LogP contribution in [0, 0.1) is 0 Å². The maximum Gasteiger partial charge on any atom is 0.407 e. The van der Waals surface area contributed by atoms with Gasteiger partial charge >= 0.3 is 18.3 Å². The van der Waals surface area contributed by atoms with Crippen LogP contribution < -0.4 is 21.7 Å². The Morgan fingerprint density at radius 3 is 1.86 bits per heavy atom. The number of carboxylic acid groups (broad SMARTS) is 1. The lowest BCUT2D eigenvalue weighted by molar-refractivity contribution is -0.122. The molecule has 0 rings (SSSR count). The minimum Gasteiger partial charge on any atom is -0.465 e. The molecule has 12 heteroatoms. The van der Waals surface area contributed by atoms with Gasteiger partial charge in [0.15, 0.2) is 0 Å². The first-order valence-corrected chi connectivity index (χ1v) is 12.7. The lowest BCUT2D eigenvalue weighted by atomic mass is 10.0. The van der Waals surface area contributed by atoms with E-state index >= 15 is 0 Å². The summed E-state index contributed by atoms with van der Waals surface area (Å²) in [6.07, 6.45) is -0.487. The number of carbonyl (C=O) groups is 4. The predicted molar refractivity (Wildman–Crippen MR) is 141 cm³/mol. The van der Waals surface area contributed by atoms with Gasteiger partial charge in [-0.05, 0) is 88.0 Å². The molecule has 0 aromatic rings. The third-order valence-electron chi connectivity index (χ3n) is 4.92. The van der Waals surface area contributed by atoms with Crippen molar-refractivity contribution in [3.63, 3.8) is 0 Å². The second-order valence-corrected chi connectivity index (χ2v) is 12.0. The van der Waals surface area contributed by atoms with Crippen LogP contribution in [0.1, 0.15) is 88.0 Å². The monoisotopic (exact) mass is 531 g/mol. The fraction of sp³-hybridized carbons (Fsp3) is 0.840. The van der Waals surface area contributed by atoms with E-state index in [0.29, 0.717) is 32.2 Å². The molecule has 0 bridgehead atoms. The molecule has 0 spiro atoms. The van der Waals surface area contributed by atoms with Gasteiger partial charge in [-0.3, -0.25) is 4.79 Å². The smallest absolute Gasteiger partial charge is 0.407 e. The molecule has 12 nitrogen and oxygen atoms in total. The van der Waals surface area contributed by atoms with Crippen LogP contribution in [0.25, 0.3) is 0 Å². The molecular weight excluding hydrogens is 482 g/mol. The van der Waals surface area contributed by atoms with Gasteiger partial charge in [-0.15, -0.1) is 0 Å². The molecule has 0 saturated carbocycles. The molecule has 4 amide bonds. The zero-order valence-electron chi connectivity index (χ0n) is 24.0. The maximum absolute atomic E-state index is 12.5. The lowest BCUT2D eigenvalue weighted by Gasteiger charge is -2.33. The summed E-state index contributed by atoms with van der Waals surface area (Å²) in [7, 11) is 0. The third-order valence-corrected chi connectivity index (χ3v) is 4.92. The van der Waals surface area contributed by atoms with E-state index in [9.17, 15) is 24.3 Å². The molecule has 0 aromatic carbocycles. The molecule has 0 fully saturated rings. The van der Waals surface area contributed by atoms with Gasteiger partial charge in [0, 0.05) is 31.2 Å².